The van der Waals surface area contributed by atoms with Crippen molar-refractivity contribution in [2.24, 2.45) is 0 Å². The molecular formula is C13H8F2N2O. The zero-order valence-corrected chi connectivity index (χ0v) is 9.13. The molecule has 0 aliphatic heterocycles. The first kappa shape index (κ1) is 10.7. The van der Waals surface area contributed by atoms with E-state index < -0.39 is 11.6 Å². The number of benzene rings is 2. The molecule has 18 heavy (non-hydrogen) atoms. The molecule has 5 heteroatoms. The van der Waals surface area contributed by atoms with Gasteiger partial charge in [-0.25, -0.2) is 13.6 Å². The average molecular weight is 246 g/mol. The first-order valence-corrected chi connectivity index (χ1v) is 5.31. The summed E-state index contributed by atoms with van der Waals surface area (Å²) in [6.07, 6.45) is 0. The molecule has 2 N–H and O–H groups in total. The fourth-order valence-corrected chi connectivity index (χ4v) is 1.92. The molecule has 0 radical (unpaired) electrons. The van der Waals surface area contributed by atoms with Gasteiger partial charge in [-0.05, 0) is 29.8 Å². The molecule has 0 saturated carbocycles. The van der Waals surface area contributed by atoms with Crippen LogP contribution in [0, 0.1) is 11.6 Å². The topological polar surface area (TPSA) is 48.6 Å². The summed E-state index contributed by atoms with van der Waals surface area (Å²) in [5, 5.41) is 0. The van der Waals surface area contributed by atoms with Crippen molar-refractivity contribution in [1.29, 1.82) is 0 Å². The maximum absolute atomic E-state index is 13.6. The molecule has 1 heterocycles. The lowest BCUT2D eigenvalue weighted by atomic mass is 10.0. The number of fused-ring (bicyclic) bond motifs is 1. The lowest BCUT2D eigenvalue weighted by Crippen LogP contribution is -1.99. The van der Waals surface area contributed by atoms with Crippen LogP contribution in [0.3, 0.4) is 0 Å². The van der Waals surface area contributed by atoms with Gasteiger partial charge in [0, 0.05) is 11.6 Å². The SMILES string of the molecule is O=c1[nH]c2ccc(-c3ccc(F)cc3F)cc2[nH]1. The van der Waals surface area contributed by atoms with Crippen molar-refractivity contribution in [1.82, 2.24) is 9.97 Å². The predicted octanol–water partition coefficient (Wildman–Crippen LogP) is 2.80. The van der Waals surface area contributed by atoms with Crippen molar-refractivity contribution < 1.29 is 8.78 Å². The van der Waals surface area contributed by atoms with Crippen molar-refractivity contribution in [2.45, 2.75) is 0 Å². The minimum atomic E-state index is -0.632. The lowest BCUT2D eigenvalue weighted by Gasteiger charge is -2.03. The highest BCUT2D eigenvalue weighted by Gasteiger charge is 2.07. The quantitative estimate of drug-likeness (QED) is 0.681. The van der Waals surface area contributed by atoms with E-state index in [9.17, 15) is 13.6 Å². The molecule has 2 aromatic carbocycles. The summed E-state index contributed by atoms with van der Waals surface area (Å²) in [6.45, 7) is 0. The van der Waals surface area contributed by atoms with Crippen LogP contribution in [0.25, 0.3) is 22.2 Å². The minimum Gasteiger partial charge on any atom is -0.306 e. The van der Waals surface area contributed by atoms with E-state index in [0.29, 0.717) is 22.2 Å². The Balaban J connectivity index is 2.21. The smallest absolute Gasteiger partial charge is 0.306 e. The Morgan fingerprint density at radius 2 is 1.67 bits per heavy atom. The molecule has 0 bridgehead atoms. The molecule has 0 fully saturated rings. The van der Waals surface area contributed by atoms with Gasteiger partial charge in [0.25, 0.3) is 0 Å². The number of hydrogen-bond acceptors (Lipinski definition) is 1. The summed E-state index contributed by atoms with van der Waals surface area (Å²) >= 11 is 0. The molecule has 3 rings (SSSR count). The normalized spacial score (nSPS) is 11.0. The fourth-order valence-electron chi connectivity index (χ4n) is 1.92. The summed E-state index contributed by atoms with van der Waals surface area (Å²) < 4.78 is 26.4. The highest BCUT2D eigenvalue weighted by molar-refractivity contribution is 5.81. The second kappa shape index (κ2) is 3.80. The van der Waals surface area contributed by atoms with Crippen LogP contribution in [-0.2, 0) is 0 Å². The van der Waals surface area contributed by atoms with Gasteiger partial charge in [-0.2, -0.15) is 0 Å². The summed E-state index contributed by atoms with van der Waals surface area (Å²) in [5.41, 5.74) is 1.78. The Hall–Kier alpha value is -2.43. The van der Waals surface area contributed by atoms with Crippen molar-refractivity contribution >= 4 is 11.0 Å². The van der Waals surface area contributed by atoms with E-state index >= 15 is 0 Å². The minimum absolute atomic E-state index is 0.292. The average Bonchev–Trinajstić information content (AvgIpc) is 2.68. The molecule has 0 saturated heterocycles. The van der Waals surface area contributed by atoms with E-state index in [1.54, 1.807) is 18.2 Å². The van der Waals surface area contributed by atoms with E-state index in [1.165, 1.54) is 12.1 Å². The summed E-state index contributed by atoms with van der Waals surface area (Å²) in [6, 6.07) is 8.38. The maximum Gasteiger partial charge on any atom is 0.323 e. The molecule has 3 aromatic rings. The molecular weight excluding hydrogens is 238 g/mol. The Labute approximate surface area is 100 Å². The van der Waals surface area contributed by atoms with Gasteiger partial charge in [0.15, 0.2) is 0 Å². The fraction of sp³-hybridized carbons (Fsp3) is 0. The highest BCUT2D eigenvalue weighted by atomic mass is 19.1. The van der Waals surface area contributed by atoms with E-state index in [-0.39, 0.29) is 5.69 Å². The summed E-state index contributed by atoms with van der Waals surface area (Å²) in [5.74, 6) is -1.25. The second-order valence-corrected chi connectivity index (χ2v) is 3.96. The van der Waals surface area contributed by atoms with E-state index in [1.807, 2.05) is 0 Å². The first-order valence-electron chi connectivity index (χ1n) is 5.31. The molecule has 0 unspecified atom stereocenters. The lowest BCUT2D eigenvalue weighted by molar-refractivity contribution is 0.585. The van der Waals surface area contributed by atoms with Gasteiger partial charge in [-0.3, -0.25) is 0 Å². The van der Waals surface area contributed by atoms with Gasteiger partial charge in [0.05, 0.1) is 11.0 Å². The molecule has 0 aliphatic rings. The standard InChI is InChI=1S/C13H8F2N2O/c14-8-2-3-9(10(15)6-8)7-1-4-11-12(5-7)17-13(18)16-11/h1-6H,(H2,16,17,18). The molecule has 0 spiro atoms. The zero-order chi connectivity index (χ0) is 12.7. The van der Waals surface area contributed by atoms with Crippen LogP contribution in [0.4, 0.5) is 8.78 Å². The van der Waals surface area contributed by atoms with Gasteiger partial charge in [-0.1, -0.05) is 6.07 Å². The molecule has 0 amide bonds. The second-order valence-electron chi connectivity index (χ2n) is 3.96. The third-order valence-electron chi connectivity index (χ3n) is 2.76. The summed E-state index contributed by atoms with van der Waals surface area (Å²) in [4.78, 5) is 16.3. The van der Waals surface area contributed by atoms with Crippen molar-refractivity contribution in [3.63, 3.8) is 0 Å². The zero-order valence-electron chi connectivity index (χ0n) is 9.13. The van der Waals surface area contributed by atoms with Crippen LogP contribution < -0.4 is 5.69 Å². The van der Waals surface area contributed by atoms with Gasteiger partial charge in [-0.15, -0.1) is 0 Å². The van der Waals surface area contributed by atoms with Crippen LogP contribution in [0.15, 0.2) is 41.2 Å². The number of hydrogen-bond donors (Lipinski definition) is 2. The third kappa shape index (κ3) is 1.69. The van der Waals surface area contributed by atoms with E-state index in [4.69, 9.17) is 0 Å². The Morgan fingerprint density at radius 1 is 0.889 bits per heavy atom. The molecule has 0 atom stereocenters. The van der Waals surface area contributed by atoms with Crippen molar-refractivity contribution in [3.8, 4) is 11.1 Å². The molecule has 3 nitrogen and oxygen atoms in total. The van der Waals surface area contributed by atoms with Gasteiger partial charge >= 0.3 is 5.69 Å². The van der Waals surface area contributed by atoms with Gasteiger partial charge in [0.1, 0.15) is 11.6 Å². The van der Waals surface area contributed by atoms with Crippen LogP contribution in [0.1, 0.15) is 0 Å². The molecule has 0 aliphatic carbocycles. The van der Waals surface area contributed by atoms with Crippen LogP contribution in [0.5, 0.6) is 0 Å². The highest BCUT2D eigenvalue weighted by Crippen LogP contribution is 2.25. The third-order valence-corrected chi connectivity index (χ3v) is 2.76. The number of nitrogens with one attached hydrogen (secondary N) is 2. The number of rotatable bonds is 1. The predicted molar refractivity (Wildman–Crippen MR) is 64.3 cm³/mol. The van der Waals surface area contributed by atoms with Crippen LogP contribution >= 0.6 is 0 Å². The van der Waals surface area contributed by atoms with Gasteiger partial charge in [0.2, 0.25) is 0 Å². The van der Waals surface area contributed by atoms with Gasteiger partial charge < -0.3 is 9.97 Å². The first-order chi connectivity index (χ1) is 8.63. The Kier molecular flexibility index (Phi) is 2.26. The van der Waals surface area contributed by atoms with Crippen molar-refractivity contribution in [3.05, 3.63) is 58.5 Å². The number of H-pyrrole nitrogens is 2. The van der Waals surface area contributed by atoms with Crippen LogP contribution in [0.2, 0.25) is 0 Å². The van der Waals surface area contributed by atoms with Crippen molar-refractivity contribution in [2.75, 3.05) is 0 Å². The monoisotopic (exact) mass is 246 g/mol. The maximum atomic E-state index is 13.6. The largest absolute Gasteiger partial charge is 0.323 e. The molecule has 1 aromatic heterocycles. The summed E-state index contributed by atoms with van der Waals surface area (Å²) in [7, 11) is 0. The van der Waals surface area contributed by atoms with Crippen LogP contribution in [-0.4, -0.2) is 9.97 Å². The number of halogens is 2. The molecule has 90 valence electrons. The Bertz CT molecular complexity index is 789. The number of aromatic amines is 2. The van der Waals surface area contributed by atoms with E-state index in [0.717, 1.165) is 6.07 Å². The number of aromatic nitrogens is 2. The Morgan fingerprint density at radius 3 is 2.44 bits per heavy atom. The number of imidazole rings is 1. The van der Waals surface area contributed by atoms with E-state index in [2.05, 4.69) is 9.97 Å².